The molecule has 1 N–H and O–H groups in total. The molecule has 0 unspecified atom stereocenters. The number of nitrogens with zero attached hydrogens (tertiary/aromatic N) is 1. The first-order chi connectivity index (χ1) is 10.5. The number of carbonyl (C=O) groups excluding carboxylic acids is 2. The molecule has 0 saturated carbocycles. The molecular weight excluding hydrogens is 280 g/mol. The number of anilines is 1. The fourth-order valence-electron chi connectivity index (χ4n) is 2.71. The van der Waals surface area contributed by atoms with Crippen LogP contribution in [0.5, 0.6) is 0 Å². The van der Waals surface area contributed by atoms with Crippen molar-refractivity contribution in [3.8, 4) is 0 Å². The Bertz CT molecular complexity index is 542. The number of hydrogen-bond donors (Lipinski definition) is 1. The van der Waals surface area contributed by atoms with Gasteiger partial charge >= 0.3 is 0 Å². The molecule has 1 aliphatic heterocycles. The molecule has 0 aliphatic carbocycles. The highest BCUT2D eigenvalue weighted by Crippen LogP contribution is 2.32. The van der Waals surface area contributed by atoms with Crippen LogP contribution in [0.1, 0.15) is 32.8 Å². The van der Waals surface area contributed by atoms with Crippen molar-refractivity contribution in [2.45, 2.75) is 45.8 Å². The molecule has 0 radical (unpaired) electrons. The lowest BCUT2D eigenvalue weighted by Crippen LogP contribution is -2.47. The van der Waals surface area contributed by atoms with Crippen LogP contribution in [-0.2, 0) is 20.7 Å². The van der Waals surface area contributed by atoms with Crippen molar-refractivity contribution >= 4 is 17.5 Å². The summed E-state index contributed by atoms with van der Waals surface area (Å²) >= 11 is 0. The standard InChI is InChI=1S/C17H24N2O3/c1-12(2)22-10-6-9-18-17(21)16-11-14-7-4-5-8-15(14)19(16)13(3)20/h4-5,7-8,12,16H,6,9-11H2,1-3H3,(H,18,21)/t16-/m0/s1. The van der Waals surface area contributed by atoms with E-state index in [0.29, 0.717) is 19.6 Å². The Kier molecular flexibility index (Phi) is 5.55. The van der Waals surface area contributed by atoms with Crippen LogP contribution in [0, 0.1) is 0 Å². The molecule has 0 aromatic heterocycles. The summed E-state index contributed by atoms with van der Waals surface area (Å²) < 4.78 is 5.44. The van der Waals surface area contributed by atoms with Crippen molar-refractivity contribution in [1.29, 1.82) is 0 Å². The van der Waals surface area contributed by atoms with Gasteiger partial charge in [0.15, 0.2) is 0 Å². The molecule has 1 aromatic rings. The van der Waals surface area contributed by atoms with Crippen molar-refractivity contribution in [3.05, 3.63) is 29.8 Å². The molecule has 5 nitrogen and oxygen atoms in total. The number of nitrogens with one attached hydrogen (secondary N) is 1. The lowest BCUT2D eigenvalue weighted by atomic mass is 10.1. The van der Waals surface area contributed by atoms with Crippen LogP contribution in [0.4, 0.5) is 5.69 Å². The second-order valence-corrected chi connectivity index (χ2v) is 5.80. The van der Waals surface area contributed by atoms with E-state index in [-0.39, 0.29) is 17.9 Å². The molecule has 0 fully saturated rings. The Hall–Kier alpha value is -1.88. The summed E-state index contributed by atoms with van der Waals surface area (Å²) in [6.45, 7) is 6.65. The molecule has 2 amide bonds. The van der Waals surface area contributed by atoms with Gasteiger partial charge in [-0.1, -0.05) is 18.2 Å². The second kappa shape index (κ2) is 7.40. The number of para-hydroxylation sites is 1. The normalized spacial score (nSPS) is 16.7. The highest BCUT2D eigenvalue weighted by atomic mass is 16.5. The average Bonchev–Trinajstić information content (AvgIpc) is 2.85. The minimum atomic E-state index is -0.444. The van der Waals surface area contributed by atoms with Crippen LogP contribution >= 0.6 is 0 Å². The van der Waals surface area contributed by atoms with Crippen LogP contribution < -0.4 is 10.2 Å². The van der Waals surface area contributed by atoms with Crippen molar-refractivity contribution < 1.29 is 14.3 Å². The monoisotopic (exact) mass is 304 g/mol. The van der Waals surface area contributed by atoms with E-state index >= 15 is 0 Å². The van der Waals surface area contributed by atoms with Gasteiger partial charge in [-0.25, -0.2) is 0 Å². The fourth-order valence-corrected chi connectivity index (χ4v) is 2.71. The number of carbonyl (C=O) groups is 2. The van der Waals surface area contributed by atoms with Gasteiger partial charge in [0, 0.05) is 32.2 Å². The number of rotatable bonds is 6. The summed E-state index contributed by atoms with van der Waals surface area (Å²) in [6.07, 6.45) is 1.54. The van der Waals surface area contributed by atoms with E-state index in [1.807, 2.05) is 38.1 Å². The smallest absolute Gasteiger partial charge is 0.243 e. The Labute approximate surface area is 131 Å². The van der Waals surface area contributed by atoms with Gasteiger partial charge in [-0.15, -0.1) is 0 Å². The number of hydrogen-bond acceptors (Lipinski definition) is 3. The van der Waals surface area contributed by atoms with Gasteiger partial charge in [-0.2, -0.15) is 0 Å². The van der Waals surface area contributed by atoms with Gasteiger partial charge < -0.3 is 10.1 Å². The van der Waals surface area contributed by atoms with Crippen LogP contribution in [0.3, 0.4) is 0 Å². The number of amides is 2. The largest absolute Gasteiger partial charge is 0.379 e. The highest BCUT2D eigenvalue weighted by Gasteiger charge is 2.36. The van der Waals surface area contributed by atoms with Crippen LogP contribution in [0.15, 0.2) is 24.3 Å². The lowest BCUT2D eigenvalue weighted by molar-refractivity contribution is -0.125. The van der Waals surface area contributed by atoms with Crippen LogP contribution in [0.25, 0.3) is 0 Å². The maximum atomic E-state index is 12.4. The summed E-state index contributed by atoms with van der Waals surface area (Å²) in [7, 11) is 0. The number of fused-ring (bicyclic) bond motifs is 1. The van der Waals surface area contributed by atoms with E-state index in [2.05, 4.69) is 5.32 Å². The molecule has 0 saturated heterocycles. The maximum absolute atomic E-state index is 12.4. The highest BCUT2D eigenvalue weighted by molar-refractivity contribution is 6.02. The first-order valence-corrected chi connectivity index (χ1v) is 7.77. The molecular formula is C17H24N2O3. The fraction of sp³-hybridized carbons (Fsp3) is 0.529. The zero-order chi connectivity index (χ0) is 16.1. The van der Waals surface area contributed by atoms with E-state index in [1.54, 1.807) is 4.90 Å². The summed E-state index contributed by atoms with van der Waals surface area (Å²) in [5.41, 5.74) is 1.89. The summed E-state index contributed by atoms with van der Waals surface area (Å²) in [5.74, 6) is -0.204. The third-order valence-corrected chi connectivity index (χ3v) is 3.69. The quantitative estimate of drug-likeness (QED) is 0.817. The first kappa shape index (κ1) is 16.5. The predicted molar refractivity (Wildman–Crippen MR) is 85.8 cm³/mol. The minimum Gasteiger partial charge on any atom is -0.379 e. The lowest BCUT2D eigenvalue weighted by Gasteiger charge is -2.23. The van der Waals surface area contributed by atoms with Gasteiger partial charge in [0.05, 0.1) is 6.10 Å². The van der Waals surface area contributed by atoms with Crippen molar-refractivity contribution in [2.75, 3.05) is 18.1 Å². The predicted octanol–water partition coefficient (Wildman–Crippen LogP) is 1.90. The SMILES string of the molecule is CC(=O)N1c2ccccc2C[C@H]1C(=O)NCCCOC(C)C. The molecule has 5 heteroatoms. The molecule has 0 bridgehead atoms. The van der Waals surface area contributed by atoms with E-state index < -0.39 is 6.04 Å². The van der Waals surface area contributed by atoms with Crippen molar-refractivity contribution in [1.82, 2.24) is 5.32 Å². The molecule has 2 rings (SSSR count). The number of ether oxygens (including phenoxy) is 1. The van der Waals surface area contributed by atoms with E-state index in [4.69, 9.17) is 4.74 Å². The summed E-state index contributed by atoms with van der Waals surface area (Å²) in [5, 5.41) is 2.91. The summed E-state index contributed by atoms with van der Waals surface area (Å²) in [6, 6.07) is 7.23. The Morgan fingerprint density at radius 2 is 2.09 bits per heavy atom. The third-order valence-electron chi connectivity index (χ3n) is 3.69. The molecule has 1 aliphatic rings. The molecule has 1 atom stereocenters. The Morgan fingerprint density at radius 1 is 1.36 bits per heavy atom. The molecule has 0 spiro atoms. The third kappa shape index (κ3) is 3.85. The Morgan fingerprint density at radius 3 is 2.77 bits per heavy atom. The Balaban J connectivity index is 1.91. The second-order valence-electron chi connectivity index (χ2n) is 5.80. The molecule has 22 heavy (non-hydrogen) atoms. The zero-order valence-corrected chi connectivity index (χ0v) is 13.5. The first-order valence-electron chi connectivity index (χ1n) is 7.77. The minimum absolute atomic E-state index is 0.101. The number of benzene rings is 1. The van der Waals surface area contributed by atoms with Gasteiger partial charge in [0.1, 0.15) is 6.04 Å². The maximum Gasteiger partial charge on any atom is 0.243 e. The summed E-state index contributed by atoms with van der Waals surface area (Å²) in [4.78, 5) is 25.9. The zero-order valence-electron chi connectivity index (χ0n) is 13.5. The average molecular weight is 304 g/mol. The molecule has 120 valence electrons. The van der Waals surface area contributed by atoms with Crippen LogP contribution in [0.2, 0.25) is 0 Å². The van der Waals surface area contributed by atoms with E-state index in [0.717, 1.165) is 17.7 Å². The van der Waals surface area contributed by atoms with Crippen molar-refractivity contribution in [2.24, 2.45) is 0 Å². The van der Waals surface area contributed by atoms with Gasteiger partial charge in [-0.05, 0) is 31.9 Å². The topological polar surface area (TPSA) is 58.6 Å². The molecule has 1 aromatic carbocycles. The van der Waals surface area contributed by atoms with Gasteiger partial charge in [-0.3, -0.25) is 14.5 Å². The van der Waals surface area contributed by atoms with Crippen molar-refractivity contribution in [3.63, 3.8) is 0 Å². The van der Waals surface area contributed by atoms with E-state index in [1.165, 1.54) is 6.92 Å². The molecule has 1 heterocycles. The van der Waals surface area contributed by atoms with Gasteiger partial charge in [0.2, 0.25) is 11.8 Å². The van der Waals surface area contributed by atoms with Crippen LogP contribution in [-0.4, -0.2) is 37.1 Å². The van der Waals surface area contributed by atoms with Gasteiger partial charge in [0.25, 0.3) is 0 Å². The van der Waals surface area contributed by atoms with E-state index in [9.17, 15) is 9.59 Å².